The van der Waals surface area contributed by atoms with E-state index < -0.39 is 11.8 Å². The van der Waals surface area contributed by atoms with Crippen molar-refractivity contribution >= 4 is 17.9 Å². The number of carbonyl (C=O) groups excluding carboxylic acids is 1. The summed E-state index contributed by atoms with van der Waals surface area (Å²) in [6.07, 6.45) is 1.58. The van der Waals surface area contributed by atoms with Crippen LogP contribution in [-0.4, -0.2) is 11.9 Å². The molecule has 4 rings (SSSR count). The summed E-state index contributed by atoms with van der Waals surface area (Å²) in [4.78, 5) is 16.4. The first-order chi connectivity index (χ1) is 13.7. The van der Waals surface area contributed by atoms with Gasteiger partial charge in [0.25, 0.3) is 0 Å². The van der Waals surface area contributed by atoms with Gasteiger partial charge in [-0.25, -0.2) is 14.2 Å². The maximum absolute atomic E-state index is 13.9. The molecular weight excluding hydrogens is 357 g/mol. The summed E-state index contributed by atoms with van der Waals surface area (Å²) in [5.74, 6) is -0.559. The normalized spacial score (nSPS) is 14.7. The third-order valence-electron chi connectivity index (χ3n) is 4.17. The molecule has 0 N–H and O–H groups in total. The third kappa shape index (κ3) is 3.83. The highest BCUT2D eigenvalue weighted by molar-refractivity contribution is 6.13. The third-order valence-corrected chi connectivity index (χ3v) is 4.17. The Labute approximate surface area is 161 Å². The second kappa shape index (κ2) is 7.88. The molecule has 0 spiro atoms. The fourth-order valence-corrected chi connectivity index (χ4v) is 2.77. The summed E-state index contributed by atoms with van der Waals surface area (Å²) in [5, 5.41) is 0. The molecule has 28 heavy (non-hydrogen) atoms. The average molecular weight is 373 g/mol. The Bertz CT molecular complexity index is 1070. The SMILES string of the molecule is O=C1OC(c2ccccc2F)=N/C1=C\c1ccccc1OCc1ccccc1. The van der Waals surface area contributed by atoms with Gasteiger partial charge < -0.3 is 9.47 Å². The highest BCUT2D eigenvalue weighted by atomic mass is 19.1. The molecule has 0 unspecified atom stereocenters. The van der Waals surface area contributed by atoms with Gasteiger partial charge in [0, 0.05) is 5.56 Å². The van der Waals surface area contributed by atoms with E-state index in [2.05, 4.69) is 4.99 Å². The van der Waals surface area contributed by atoms with Gasteiger partial charge in [0.15, 0.2) is 5.70 Å². The number of para-hydroxylation sites is 1. The van der Waals surface area contributed by atoms with E-state index in [1.807, 2.05) is 54.6 Å². The lowest BCUT2D eigenvalue weighted by atomic mass is 10.1. The van der Waals surface area contributed by atoms with Crippen LogP contribution in [0.15, 0.2) is 89.6 Å². The van der Waals surface area contributed by atoms with Crippen LogP contribution in [0.3, 0.4) is 0 Å². The average Bonchev–Trinajstić information content (AvgIpc) is 3.08. The van der Waals surface area contributed by atoms with Gasteiger partial charge in [-0.2, -0.15) is 0 Å². The van der Waals surface area contributed by atoms with E-state index in [0.717, 1.165) is 5.56 Å². The number of esters is 1. The Hall–Kier alpha value is -3.73. The Morgan fingerprint density at radius 1 is 0.929 bits per heavy atom. The Balaban J connectivity index is 1.60. The van der Waals surface area contributed by atoms with Gasteiger partial charge in [-0.15, -0.1) is 0 Å². The van der Waals surface area contributed by atoms with Crippen LogP contribution in [0.1, 0.15) is 16.7 Å². The number of carbonyl (C=O) groups is 1. The molecular formula is C23H16FNO3. The predicted molar refractivity (Wildman–Crippen MR) is 104 cm³/mol. The summed E-state index contributed by atoms with van der Waals surface area (Å²) in [7, 11) is 0. The van der Waals surface area contributed by atoms with Crippen LogP contribution in [-0.2, 0) is 16.1 Å². The van der Waals surface area contributed by atoms with E-state index in [0.29, 0.717) is 17.9 Å². The standard InChI is InChI=1S/C23H16FNO3/c24-19-12-6-5-11-18(19)22-25-20(23(26)28-22)14-17-10-4-7-13-21(17)27-15-16-8-2-1-3-9-16/h1-14H,15H2/b20-14-. The van der Waals surface area contributed by atoms with Crippen molar-refractivity contribution < 1.29 is 18.7 Å². The van der Waals surface area contributed by atoms with Crippen molar-refractivity contribution in [3.63, 3.8) is 0 Å². The fraction of sp³-hybridized carbons (Fsp3) is 0.0435. The zero-order chi connectivity index (χ0) is 19.3. The maximum atomic E-state index is 13.9. The van der Waals surface area contributed by atoms with Crippen molar-refractivity contribution in [2.24, 2.45) is 4.99 Å². The topological polar surface area (TPSA) is 47.9 Å². The molecule has 0 radical (unpaired) electrons. The first-order valence-corrected chi connectivity index (χ1v) is 8.74. The van der Waals surface area contributed by atoms with Gasteiger partial charge in [-0.1, -0.05) is 60.7 Å². The van der Waals surface area contributed by atoms with Crippen LogP contribution in [0.5, 0.6) is 5.75 Å². The van der Waals surface area contributed by atoms with Crippen molar-refractivity contribution in [1.82, 2.24) is 0 Å². The van der Waals surface area contributed by atoms with E-state index in [-0.39, 0.29) is 17.2 Å². The molecule has 1 aliphatic rings. The minimum atomic E-state index is -0.629. The first kappa shape index (κ1) is 17.7. The van der Waals surface area contributed by atoms with Crippen LogP contribution < -0.4 is 4.74 Å². The van der Waals surface area contributed by atoms with E-state index in [9.17, 15) is 9.18 Å². The van der Waals surface area contributed by atoms with Crippen molar-refractivity contribution in [2.75, 3.05) is 0 Å². The number of nitrogens with zero attached hydrogens (tertiary/aromatic N) is 1. The maximum Gasteiger partial charge on any atom is 0.363 e. The second-order valence-corrected chi connectivity index (χ2v) is 6.13. The molecule has 4 nitrogen and oxygen atoms in total. The molecule has 138 valence electrons. The van der Waals surface area contributed by atoms with Crippen LogP contribution in [0, 0.1) is 5.82 Å². The minimum absolute atomic E-state index is 0.0444. The number of hydrogen-bond donors (Lipinski definition) is 0. The Morgan fingerprint density at radius 2 is 1.64 bits per heavy atom. The number of benzene rings is 3. The van der Waals surface area contributed by atoms with Crippen molar-refractivity contribution in [2.45, 2.75) is 6.61 Å². The van der Waals surface area contributed by atoms with Crippen molar-refractivity contribution in [3.8, 4) is 5.75 Å². The van der Waals surface area contributed by atoms with Gasteiger partial charge in [-0.3, -0.25) is 0 Å². The summed E-state index contributed by atoms with van der Waals surface area (Å²) in [5.41, 5.74) is 1.95. The first-order valence-electron chi connectivity index (χ1n) is 8.74. The molecule has 1 aliphatic heterocycles. The Kier molecular flexibility index (Phi) is 4.97. The summed E-state index contributed by atoms with van der Waals surface area (Å²) < 4.78 is 25.0. The van der Waals surface area contributed by atoms with Crippen molar-refractivity contribution in [1.29, 1.82) is 0 Å². The molecule has 3 aromatic rings. The summed E-state index contributed by atoms with van der Waals surface area (Å²) in [6, 6.07) is 23.1. The quantitative estimate of drug-likeness (QED) is 0.479. The molecule has 0 aliphatic carbocycles. The van der Waals surface area contributed by atoms with E-state index in [1.54, 1.807) is 18.2 Å². The lowest BCUT2D eigenvalue weighted by molar-refractivity contribution is -0.129. The molecule has 0 saturated heterocycles. The largest absolute Gasteiger partial charge is 0.488 e. The summed E-state index contributed by atoms with van der Waals surface area (Å²) >= 11 is 0. The molecule has 3 aromatic carbocycles. The van der Waals surface area contributed by atoms with Gasteiger partial charge in [0.1, 0.15) is 18.2 Å². The number of rotatable bonds is 5. The number of hydrogen-bond acceptors (Lipinski definition) is 4. The van der Waals surface area contributed by atoms with Crippen LogP contribution in [0.4, 0.5) is 4.39 Å². The number of ether oxygens (including phenoxy) is 2. The van der Waals surface area contributed by atoms with Crippen LogP contribution >= 0.6 is 0 Å². The van der Waals surface area contributed by atoms with Crippen LogP contribution in [0.25, 0.3) is 6.08 Å². The fourth-order valence-electron chi connectivity index (χ4n) is 2.77. The Morgan fingerprint density at radius 3 is 2.46 bits per heavy atom. The van der Waals surface area contributed by atoms with E-state index in [4.69, 9.17) is 9.47 Å². The molecule has 0 fully saturated rings. The molecule has 0 amide bonds. The summed E-state index contributed by atoms with van der Waals surface area (Å²) in [6.45, 7) is 0.398. The monoisotopic (exact) mass is 373 g/mol. The molecule has 0 aromatic heterocycles. The predicted octanol–water partition coefficient (Wildman–Crippen LogP) is 4.75. The smallest absolute Gasteiger partial charge is 0.363 e. The lowest BCUT2D eigenvalue weighted by Crippen LogP contribution is -2.07. The second-order valence-electron chi connectivity index (χ2n) is 6.13. The van der Waals surface area contributed by atoms with Gasteiger partial charge in [0.05, 0.1) is 5.56 Å². The number of cyclic esters (lactones) is 1. The van der Waals surface area contributed by atoms with Gasteiger partial charge in [0.2, 0.25) is 5.90 Å². The molecule has 0 saturated carbocycles. The van der Waals surface area contributed by atoms with Crippen LogP contribution in [0.2, 0.25) is 0 Å². The number of aliphatic imine (C=N–C) groups is 1. The highest BCUT2D eigenvalue weighted by Gasteiger charge is 2.26. The molecule has 0 atom stereocenters. The minimum Gasteiger partial charge on any atom is -0.488 e. The zero-order valence-electron chi connectivity index (χ0n) is 14.8. The van der Waals surface area contributed by atoms with Gasteiger partial charge in [-0.05, 0) is 29.8 Å². The van der Waals surface area contributed by atoms with Gasteiger partial charge >= 0.3 is 5.97 Å². The van der Waals surface area contributed by atoms with E-state index >= 15 is 0 Å². The van der Waals surface area contributed by atoms with Crippen molar-refractivity contribution in [3.05, 3.63) is 107 Å². The number of halogens is 1. The highest BCUT2D eigenvalue weighted by Crippen LogP contribution is 2.26. The molecule has 0 bridgehead atoms. The van der Waals surface area contributed by atoms with E-state index in [1.165, 1.54) is 12.1 Å². The molecule has 1 heterocycles. The zero-order valence-corrected chi connectivity index (χ0v) is 14.8. The molecule has 5 heteroatoms. The lowest BCUT2D eigenvalue weighted by Gasteiger charge is -2.09.